The molecule has 1 rings (SSSR count). The van der Waals surface area contributed by atoms with Crippen LogP contribution in [0, 0.1) is 0 Å². The normalized spacial score (nSPS) is 16.3. The molecule has 0 aromatic carbocycles. The first-order valence-corrected chi connectivity index (χ1v) is 5.25. The van der Waals surface area contributed by atoms with Gasteiger partial charge in [-0.25, -0.2) is 0 Å². The second kappa shape index (κ2) is 6.09. The highest BCUT2D eigenvalue weighted by atomic mass is 16.5. The van der Waals surface area contributed by atoms with Gasteiger partial charge in [0.2, 0.25) is 11.8 Å². The number of methoxy groups -OCH3 is 1. The smallest absolute Gasteiger partial charge is 0.306 e. The fraction of sp³-hybridized carbons (Fsp3) is 0.700. The van der Waals surface area contributed by atoms with Gasteiger partial charge in [-0.1, -0.05) is 0 Å². The topological polar surface area (TPSA) is 75.7 Å². The number of nitrogens with zero attached hydrogens (tertiary/aromatic N) is 1. The minimum Gasteiger partial charge on any atom is -0.469 e. The number of rotatable bonds is 3. The fourth-order valence-corrected chi connectivity index (χ4v) is 1.49. The summed E-state index contributed by atoms with van der Waals surface area (Å²) in [4.78, 5) is 35.2. The third kappa shape index (κ3) is 3.88. The molecule has 0 bridgehead atoms. The first-order valence-electron chi connectivity index (χ1n) is 5.25. The van der Waals surface area contributed by atoms with E-state index in [0.29, 0.717) is 13.1 Å². The molecule has 0 aromatic rings. The van der Waals surface area contributed by atoms with E-state index >= 15 is 0 Å². The third-order valence-electron chi connectivity index (χ3n) is 2.38. The quantitative estimate of drug-likeness (QED) is 0.647. The highest BCUT2D eigenvalue weighted by Crippen LogP contribution is 2.02. The van der Waals surface area contributed by atoms with Crippen molar-refractivity contribution in [2.45, 2.75) is 19.3 Å². The van der Waals surface area contributed by atoms with Crippen LogP contribution >= 0.6 is 0 Å². The van der Waals surface area contributed by atoms with Crippen LogP contribution in [0.4, 0.5) is 0 Å². The summed E-state index contributed by atoms with van der Waals surface area (Å²) in [6, 6.07) is 0. The Balaban J connectivity index is 2.39. The molecule has 1 N–H and O–H groups in total. The number of amides is 2. The van der Waals surface area contributed by atoms with Gasteiger partial charge in [0, 0.05) is 19.5 Å². The van der Waals surface area contributed by atoms with Crippen molar-refractivity contribution >= 4 is 17.8 Å². The molecule has 2 amide bonds. The van der Waals surface area contributed by atoms with Crippen molar-refractivity contribution in [3.05, 3.63) is 0 Å². The second-order valence-corrected chi connectivity index (χ2v) is 3.59. The molecule has 0 atom stereocenters. The maximum absolute atomic E-state index is 11.7. The number of hydrogen-bond donors (Lipinski definition) is 1. The SMILES string of the molecule is COC(=O)CCC(=O)N1CCCNC(=O)C1. The molecule has 0 unspecified atom stereocenters. The Kier molecular flexibility index (Phi) is 4.75. The lowest BCUT2D eigenvalue weighted by Gasteiger charge is -2.18. The predicted octanol–water partition coefficient (Wildman–Crippen LogP) is -0.712. The van der Waals surface area contributed by atoms with Gasteiger partial charge in [0.1, 0.15) is 0 Å². The number of esters is 1. The van der Waals surface area contributed by atoms with E-state index in [1.165, 1.54) is 12.0 Å². The van der Waals surface area contributed by atoms with Crippen molar-refractivity contribution in [3.8, 4) is 0 Å². The summed E-state index contributed by atoms with van der Waals surface area (Å²) in [6.45, 7) is 1.23. The summed E-state index contributed by atoms with van der Waals surface area (Å²) in [5, 5.41) is 2.68. The summed E-state index contributed by atoms with van der Waals surface area (Å²) >= 11 is 0. The van der Waals surface area contributed by atoms with Gasteiger partial charge in [0.15, 0.2) is 0 Å². The van der Waals surface area contributed by atoms with Crippen LogP contribution in [-0.2, 0) is 19.1 Å². The standard InChI is InChI=1S/C10H16N2O4/c1-16-10(15)4-3-9(14)12-6-2-5-11-8(13)7-12/h2-7H2,1H3,(H,11,13). The molecule has 6 nitrogen and oxygen atoms in total. The first kappa shape index (κ1) is 12.5. The highest BCUT2D eigenvalue weighted by molar-refractivity contribution is 5.86. The molecule has 1 aliphatic heterocycles. The number of nitrogens with one attached hydrogen (secondary N) is 1. The van der Waals surface area contributed by atoms with Gasteiger partial charge < -0.3 is 15.0 Å². The van der Waals surface area contributed by atoms with Crippen LogP contribution in [-0.4, -0.2) is 49.4 Å². The predicted molar refractivity (Wildman–Crippen MR) is 55.5 cm³/mol. The van der Waals surface area contributed by atoms with E-state index in [1.54, 1.807) is 0 Å². The Morgan fingerprint density at radius 1 is 1.44 bits per heavy atom. The lowest BCUT2D eigenvalue weighted by molar-refractivity contribution is -0.143. The van der Waals surface area contributed by atoms with Crippen LogP contribution in [0.5, 0.6) is 0 Å². The highest BCUT2D eigenvalue weighted by Gasteiger charge is 2.20. The van der Waals surface area contributed by atoms with Crippen molar-refractivity contribution in [3.63, 3.8) is 0 Å². The van der Waals surface area contributed by atoms with E-state index < -0.39 is 5.97 Å². The van der Waals surface area contributed by atoms with Crippen LogP contribution < -0.4 is 5.32 Å². The van der Waals surface area contributed by atoms with E-state index in [1.807, 2.05) is 0 Å². The minimum atomic E-state index is -0.410. The molecular weight excluding hydrogens is 212 g/mol. The third-order valence-corrected chi connectivity index (χ3v) is 2.38. The maximum Gasteiger partial charge on any atom is 0.306 e. The van der Waals surface area contributed by atoms with Crippen LogP contribution in [0.25, 0.3) is 0 Å². The lowest BCUT2D eigenvalue weighted by atomic mass is 10.2. The molecule has 1 saturated heterocycles. The summed E-state index contributed by atoms with van der Waals surface area (Å²) in [6.07, 6.45) is 0.906. The summed E-state index contributed by atoms with van der Waals surface area (Å²) in [7, 11) is 1.28. The maximum atomic E-state index is 11.7. The van der Waals surface area contributed by atoms with Crippen LogP contribution in [0.1, 0.15) is 19.3 Å². The van der Waals surface area contributed by atoms with E-state index in [9.17, 15) is 14.4 Å². The summed E-state index contributed by atoms with van der Waals surface area (Å²) in [5.74, 6) is -0.737. The van der Waals surface area contributed by atoms with Crippen molar-refractivity contribution in [1.82, 2.24) is 10.2 Å². The van der Waals surface area contributed by atoms with Gasteiger partial charge in [-0.2, -0.15) is 0 Å². The minimum absolute atomic E-state index is 0.0629. The molecule has 16 heavy (non-hydrogen) atoms. The molecule has 1 aliphatic rings. The van der Waals surface area contributed by atoms with Crippen LogP contribution in [0.15, 0.2) is 0 Å². The molecule has 0 aliphatic carbocycles. The first-order chi connectivity index (χ1) is 7.63. The summed E-state index contributed by atoms with van der Waals surface area (Å²) < 4.78 is 4.44. The largest absolute Gasteiger partial charge is 0.469 e. The molecule has 1 fully saturated rings. The molecule has 0 radical (unpaired) electrons. The van der Waals surface area contributed by atoms with Gasteiger partial charge in [-0.15, -0.1) is 0 Å². The second-order valence-electron chi connectivity index (χ2n) is 3.59. The molecule has 6 heteroatoms. The molecule has 1 heterocycles. The monoisotopic (exact) mass is 228 g/mol. The number of hydrogen-bond acceptors (Lipinski definition) is 4. The zero-order valence-corrected chi connectivity index (χ0v) is 9.32. The van der Waals surface area contributed by atoms with Gasteiger partial charge in [0.25, 0.3) is 0 Å². The molecular formula is C10H16N2O4. The summed E-state index contributed by atoms with van der Waals surface area (Å²) in [5.41, 5.74) is 0. The van der Waals surface area contributed by atoms with Crippen molar-refractivity contribution in [2.24, 2.45) is 0 Å². The zero-order valence-electron chi connectivity index (χ0n) is 9.32. The van der Waals surface area contributed by atoms with Crippen molar-refractivity contribution in [1.29, 1.82) is 0 Å². The fourth-order valence-electron chi connectivity index (χ4n) is 1.49. The van der Waals surface area contributed by atoms with E-state index in [4.69, 9.17) is 0 Å². The average Bonchev–Trinajstić information content (AvgIpc) is 2.50. The Bertz CT molecular complexity index is 291. The number of carbonyl (C=O) groups is 3. The zero-order chi connectivity index (χ0) is 12.0. The molecule has 0 spiro atoms. The van der Waals surface area contributed by atoms with Gasteiger partial charge in [-0.05, 0) is 6.42 Å². The van der Waals surface area contributed by atoms with E-state index in [-0.39, 0.29) is 31.2 Å². The Morgan fingerprint density at radius 3 is 2.88 bits per heavy atom. The Hall–Kier alpha value is -1.59. The Labute approximate surface area is 93.9 Å². The molecule has 90 valence electrons. The molecule has 0 aromatic heterocycles. The van der Waals surface area contributed by atoms with Crippen LogP contribution in [0.2, 0.25) is 0 Å². The number of ether oxygens (including phenoxy) is 1. The van der Waals surface area contributed by atoms with E-state index in [0.717, 1.165) is 6.42 Å². The Morgan fingerprint density at radius 2 is 2.19 bits per heavy atom. The lowest BCUT2D eigenvalue weighted by Crippen LogP contribution is -2.37. The van der Waals surface area contributed by atoms with Crippen molar-refractivity contribution < 1.29 is 19.1 Å². The van der Waals surface area contributed by atoms with E-state index in [2.05, 4.69) is 10.1 Å². The van der Waals surface area contributed by atoms with Crippen LogP contribution in [0.3, 0.4) is 0 Å². The van der Waals surface area contributed by atoms with Gasteiger partial charge >= 0.3 is 5.97 Å². The molecule has 0 saturated carbocycles. The average molecular weight is 228 g/mol. The van der Waals surface area contributed by atoms with Crippen molar-refractivity contribution in [2.75, 3.05) is 26.7 Å². The van der Waals surface area contributed by atoms with Gasteiger partial charge in [-0.3, -0.25) is 14.4 Å². The number of carbonyl (C=O) groups excluding carboxylic acids is 3. The van der Waals surface area contributed by atoms with Gasteiger partial charge in [0.05, 0.1) is 20.1 Å².